The van der Waals surface area contributed by atoms with E-state index in [0.717, 1.165) is 5.69 Å². The topological polar surface area (TPSA) is 67.4 Å². The minimum Gasteiger partial charge on any atom is -0.494 e. The summed E-state index contributed by atoms with van der Waals surface area (Å²) < 4.78 is 32.7. The summed E-state index contributed by atoms with van der Waals surface area (Å²) in [5, 5.41) is 3.33. The zero-order valence-corrected chi connectivity index (χ0v) is 15.3. The summed E-state index contributed by atoms with van der Waals surface area (Å²) in [6.45, 7) is 8.62. The third-order valence-corrected chi connectivity index (χ3v) is 4.50. The summed E-state index contributed by atoms with van der Waals surface area (Å²) in [5.41, 5.74) is 1.40. The molecule has 24 heavy (non-hydrogen) atoms. The van der Waals surface area contributed by atoms with Crippen LogP contribution in [-0.2, 0) is 10.0 Å². The number of anilines is 2. The van der Waals surface area contributed by atoms with Crippen molar-refractivity contribution in [2.75, 3.05) is 16.6 Å². The molecule has 0 aromatic heterocycles. The van der Waals surface area contributed by atoms with Crippen LogP contribution in [-0.4, -0.2) is 20.6 Å². The Morgan fingerprint density at radius 2 is 1.46 bits per heavy atom. The van der Waals surface area contributed by atoms with Gasteiger partial charge in [-0.2, -0.15) is 0 Å². The van der Waals surface area contributed by atoms with E-state index in [1.54, 1.807) is 24.3 Å². The second kappa shape index (κ2) is 7.13. The predicted molar refractivity (Wildman–Crippen MR) is 98.2 cm³/mol. The molecule has 2 rings (SSSR count). The van der Waals surface area contributed by atoms with E-state index in [-0.39, 0.29) is 10.4 Å². The highest BCUT2D eigenvalue weighted by molar-refractivity contribution is 7.92. The maximum absolute atomic E-state index is 12.4. The smallest absolute Gasteiger partial charge is 0.261 e. The van der Waals surface area contributed by atoms with Crippen molar-refractivity contribution >= 4 is 21.4 Å². The van der Waals surface area contributed by atoms with Crippen molar-refractivity contribution in [2.45, 2.75) is 38.1 Å². The van der Waals surface area contributed by atoms with Crippen LogP contribution in [0.25, 0.3) is 0 Å². The summed E-state index contributed by atoms with van der Waals surface area (Å²) in [4.78, 5) is 0.197. The highest BCUT2D eigenvalue weighted by atomic mass is 32.2. The van der Waals surface area contributed by atoms with E-state index in [9.17, 15) is 8.42 Å². The van der Waals surface area contributed by atoms with Gasteiger partial charge in [0.1, 0.15) is 5.75 Å². The molecule has 0 radical (unpaired) electrons. The first-order valence-corrected chi connectivity index (χ1v) is 9.32. The van der Waals surface area contributed by atoms with Crippen molar-refractivity contribution in [3.8, 4) is 5.75 Å². The molecule has 0 aliphatic carbocycles. The second-order valence-electron chi connectivity index (χ2n) is 6.46. The van der Waals surface area contributed by atoms with E-state index in [2.05, 4.69) is 30.8 Å². The molecule has 0 saturated carbocycles. The van der Waals surface area contributed by atoms with Gasteiger partial charge in [-0.05, 0) is 76.2 Å². The average molecular weight is 348 g/mol. The van der Waals surface area contributed by atoms with Gasteiger partial charge in [-0.3, -0.25) is 4.72 Å². The van der Waals surface area contributed by atoms with Gasteiger partial charge in [-0.1, -0.05) is 0 Å². The minimum absolute atomic E-state index is 0.0523. The Labute approximate surface area is 144 Å². The molecule has 0 amide bonds. The highest BCUT2D eigenvalue weighted by Gasteiger charge is 2.14. The Bertz CT molecular complexity index is 761. The summed E-state index contributed by atoms with van der Waals surface area (Å²) in [6.07, 6.45) is 0. The fraction of sp³-hybridized carbons (Fsp3) is 0.333. The van der Waals surface area contributed by atoms with Crippen molar-refractivity contribution in [1.82, 2.24) is 0 Å². The van der Waals surface area contributed by atoms with Crippen LogP contribution in [0.5, 0.6) is 5.75 Å². The van der Waals surface area contributed by atoms with Crippen LogP contribution in [0.3, 0.4) is 0 Å². The summed E-state index contributed by atoms with van der Waals surface area (Å²) in [5.74, 6) is 0.647. The number of benzene rings is 2. The highest BCUT2D eigenvalue weighted by Crippen LogP contribution is 2.22. The summed E-state index contributed by atoms with van der Waals surface area (Å²) in [6, 6.07) is 13.5. The molecule has 0 saturated heterocycles. The standard InChI is InChI=1S/C18H24N2O3S/c1-5-23-16-10-12-17(13-11-16)24(21,22)20-15-8-6-14(7-9-15)19-18(2,3)4/h6-13,19-20H,5H2,1-4H3. The second-order valence-corrected chi connectivity index (χ2v) is 8.14. The van der Waals surface area contributed by atoms with Gasteiger partial charge in [-0.15, -0.1) is 0 Å². The normalized spacial score (nSPS) is 11.8. The molecule has 0 unspecified atom stereocenters. The molecule has 0 fully saturated rings. The first kappa shape index (κ1) is 18.1. The lowest BCUT2D eigenvalue weighted by Crippen LogP contribution is -2.25. The third kappa shape index (κ3) is 5.16. The number of hydrogen-bond acceptors (Lipinski definition) is 4. The van der Waals surface area contributed by atoms with E-state index < -0.39 is 10.0 Å². The number of ether oxygens (including phenoxy) is 1. The van der Waals surface area contributed by atoms with E-state index in [4.69, 9.17) is 4.74 Å². The molecule has 6 heteroatoms. The fourth-order valence-electron chi connectivity index (χ4n) is 2.15. The lowest BCUT2D eigenvalue weighted by molar-refractivity contribution is 0.340. The van der Waals surface area contributed by atoms with Gasteiger partial charge in [0, 0.05) is 16.9 Å². The number of hydrogen-bond donors (Lipinski definition) is 2. The van der Waals surface area contributed by atoms with Crippen molar-refractivity contribution in [1.29, 1.82) is 0 Å². The molecule has 0 atom stereocenters. The van der Waals surface area contributed by atoms with Crippen molar-refractivity contribution in [3.05, 3.63) is 48.5 Å². The minimum atomic E-state index is -3.62. The molecular formula is C18H24N2O3S. The van der Waals surface area contributed by atoms with Crippen LogP contribution in [0, 0.1) is 0 Å². The van der Waals surface area contributed by atoms with Crippen molar-refractivity contribution < 1.29 is 13.2 Å². The number of rotatable bonds is 6. The van der Waals surface area contributed by atoms with Crippen LogP contribution in [0.15, 0.2) is 53.4 Å². The first-order chi connectivity index (χ1) is 11.2. The molecule has 0 aliphatic heterocycles. The van der Waals surface area contributed by atoms with Crippen LogP contribution < -0.4 is 14.8 Å². The molecule has 2 aromatic carbocycles. The molecular weight excluding hydrogens is 324 g/mol. The molecule has 2 aromatic rings. The average Bonchev–Trinajstić information content (AvgIpc) is 2.48. The lowest BCUT2D eigenvalue weighted by Gasteiger charge is -2.22. The lowest BCUT2D eigenvalue weighted by atomic mass is 10.1. The van der Waals surface area contributed by atoms with Crippen molar-refractivity contribution in [3.63, 3.8) is 0 Å². The summed E-state index contributed by atoms with van der Waals surface area (Å²) >= 11 is 0. The van der Waals surface area contributed by atoms with E-state index in [0.29, 0.717) is 18.0 Å². The van der Waals surface area contributed by atoms with E-state index in [1.165, 1.54) is 12.1 Å². The molecule has 0 bridgehead atoms. The molecule has 0 heterocycles. The Balaban J connectivity index is 2.11. The van der Waals surface area contributed by atoms with Gasteiger partial charge >= 0.3 is 0 Å². The quantitative estimate of drug-likeness (QED) is 0.825. The van der Waals surface area contributed by atoms with Gasteiger partial charge in [0.25, 0.3) is 10.0 Å². The zero-order valence-electron chi connectivity index (χ0n) is 14.5. The largest absolute Gasteiger partial charge is 0.494 e. The van der Waals surface area contributed by atoms with Crippen LogP contribution >= 0.6 is 0 Å². The van der Waals surface area contributed by atoms with Gasteiger partial charge < -0.3 is 10.1 Å². The Hall–Kier alpha value is -2.21. The van der Waals surface area contributed by atoms with E-state index in [1.807, 2.05) is 19.1 Å². The number of sulfonamides is 1. The van der Waals surface area contributed by atoms with Gasteiger partial charge in [0.2, 0.25) is 0 Å². The SMILES string of the molecule is CCOc1ccc(S(=O)(=O)Nc2ccc(NC(C)(C)C)cc2)cc1. The van der Waals surface area contributed by atoms with Gasteiger partial charge in [0.05, 0.1) is 11.5 Å². The van der Waals surface area contributed by atoms with Crippen LogP contribution in [0.1, 0.15) is 27.7 Å². The van der Waals surface area contributed by atoms with Crippen LogP contribution in [0.4, 0.5) is 11.4 Å². The Kier molecular flexibility index (Phi) is 5.39. The molecule has 2 N–H and O–H groups in total. The van der Waals surface area contributed by atoms with Crippen LogP contribution in [0.2, 0.25) is 0 Å². The monoisotopic (exact) mass is 348 g/mol. The predicted octanol–water partition coefficient (Wildman–Crippen LogP) is 4.10. The maximum Gasteiger partial charge on any atom is 0.261 e. The number of nitrogens with one attached hydrogen (secondary N) is 2. The van der Waals surface area contributed by atoms with Gasteiger partial charge in [0.15, 0.2) is 0 Å². The summed E-state index contributed by atoms with van der Waals surface area (Å²) in [7, 11) is -3.62. The first-order valence-electron chi connectivity index (χ1n) is 7.83. The molecule has 0 aliphatic rings. The van der Waals surface area contributed by atoms with Gasteiger partial charge in [-0.25, -0.2) is 8.42 Å². The fourth-order valence-corrected chi connectivity index (χ4v) is 3.21. The third-order valence-electron chi connectivity index (χ3n) is 3.10. The molecule has 0 spiro atoms. The molecule has 5 nitrogen and oxygen atoms in total. The maximum atomic E-state index is 12.4. The molecule has 130 valence electrons. The van der Waals surface area contributed by atoms with Crippen molar-refractivity contribution in [2.24, 2.45) is 0 Å². The Morgan fingerprint density at radius 1 is 0.917 bits per heavy atom. The zero-order chi connectivity index (χ0) is 17.8. The Morgan fingerprint density at radius 3 is 1.96 bits per heavy atom. The van der Waals surface area contributed by atoms with E-state index >= 15 is 0 Å².